The smallest absolute Gasteiger partial charge is 0.180 e. The molecule has 1 aromatic carbocycles. The van der Waals surface area contributed by atoms with Crippen LogP contribution in [0.1, 0.15) is 35.3 Å². The zero-order chi connectivity index (χ0) is 13.9. The molecule has 0 N–H and O–H groups in total. The molecule has 0 aliphatic heterocycles. The minimum absolute atomic E-state index is 0.0187. The van der Waals surface area contributed by atoms with Gasteiger partial charge in [-0.15, -0.1) is 0 Å². The van der Waals surface area contributed by atoms with Crippen LogP contribution in [0, 0.1) is 37.0 Å². The highest BCUT2D eigenvalue weighted by Crippen LogP contribution is 2.26. The van der Waals surface area contributed by atoms with Gasteiger partial charge in [0.1, 0.15) is 11.7 Å². The summed E-state index contributed by atoms with van der Waals surface area (Å²) in [5, 5.41) is 9.07. The average molecular weight is 245 g/mol. The molecule has 0 aliphatic carbocycles. The third kappa shape index (κ3) is 2.70. The molecular weight excluding hydrogens is 226 g/mol. The molecule has 0 heterocycles. The molecule has 1 unspecified atom stereocenters. The normalized spacial score (nSPS) is 12.1. The Bertz CT molecular complexity index is 475. The van der Waals surface area contributed by atoms with Crippen molar-refractivity contribution >= 4 is 5.78 Å². The second-order valence-electron chi connectivity index (χ2n) is 4.86. The van der Waals surface area contributed by atoms with Crippen molar-refractivity contribution in [1.82, 2.24) is 0 Å². The number of hydrogen-bond donors (Lipinski definition) is 0. The molecule has 1 rings (SSSR count). The second-order valence-corrected chi connectivity index (χ2v) is 4.86. The Balaban J connectivity index is 3.20. The molecule has 0 spiro atoms. The van der Waals surface area contributed by atoms with Crippen LogP contribution in [-0.4, -0.2) is 12.9 Å². The van der Waals surface area contributed by atoms with Crippen molar-refractivity contribution in [2.24, 2.45) is 11.8 Å². The van der Waals surface area contributed by atoms with Crippen molar-refractivity contribution in [2.45, 2.75) is 27.7 Å². The number of Topliss-reactive ketones (excluding diaryl/α,β-unsaturated/α-hetero) is 1. The highest BCUT2D eigenvalue weighted by atomic mass is 16.5. The highest BCUT2D eigenvalue weighted by molar-refractivity contribution is 6.00. The average Bonchev–Trinajstić information content (AvgIpc) is 2.28. The first-order valence-corrected chi connectivity index (χ1v) is 6.01. The molecular formula is C15H19NO2. The van der Waals surface area contributed by atoms with Crippen molar-refractivity contribution in [1.29, 1.82) is 5.26 Å². The zero-order valence-electron chi connectivity index (χ0n) is 11.6. The van der Waals surface area contributed by atoms with E-state index in [9.17, 15) is 4.79 Å². The number of carbonyl (C=O) groups is 1. The van der Waals surface area contributed by atoms with Crippen LogP contribution in [0.5, 0.6) is 5.75 Å². The molecule has 18 heavy (non-hydrogen) atoms. The minimum Gasteiger partial charge on any atom is -0.496 e. The molecule has 0 amide bonds. The first-order chi connectivity index (χ1) is 8.42. The maximum absolute atomic E-state index is 12.3. The molecule has 0 saturated carbocycles. The summed E-state index contributed by atoms with van der Waals surface area (Å²) in [5.41, 5.74) is 2.42. The summed E-state index contributed by atoms with van der Waals surface area (Å²) in [5.74, 6) is 0.119. The lowest BCUT2D eigenvalue weighted by Crippen LogP contribution is -2.19. The predicted molar refractivity (Wildman–Crippen MR) is 70.7 cm³/mol. The Labute approximate surface area is 108 Å². The largest absolute Gasteiger partial charge is 0.496 e. The maximum atomic E-state index is 12.3. The molecule has 0 aromatic heterocycles. The van der Waals surface area contributed by atoms with Crippen molar-refractivity contribution in [3.05, 3.63) is 28.8 Å². The third-order valence-corrected chi connectivity index (χ3v) is 3.04. The molecule has 3 heteroatoms. The summed E-state index contributed by atoms with van der Waals surface area (Å²) in [6, 6.07) is 5.67. The summed E-state index contributed by atoms with van der Waals surface area (Å²) in [7, 11) is 1.61. The van der Waals surface area contributed by atoms with E-state index in [2.05, 4.69) is 6.07 Å². The zero-order valence-corrected chi connectivity index (χ0v) is 11.6. The van der Waals surface area contributed by atoms with Crippen LogP contribution in [0.2, 0.25) is 0 Å². The first-order valence-electron chi connectivity index (χ1n) is 6.01. The van der Waals surface area contributed by atoms with E-state index in [4.69, 9.17) is 10.00 Å². The van der Waals surface area contributed by atoms with E-state index in [0.29, 0.717) is 5.56 Å². The Morgan fingerprint density at radius 3 is 2.11 bits per heavy atom. The van der Waals surface area contributed by atoms with Gasteiger partial charge in [-0.25, -0.2) is 0 Å². The van der Waals surface area contributed by atoms with Crippen LogP contribution in [0.3, 0.4) is 0 Å². The van der Waals surface area contributed by atoms with Gasteiger partial charge in [0.25, 0.3) is 0 Å². The number of aryl methyl sites for hydroxylation is 2. The van der Waals surface area contributed by atoms with Crippen molar-refractivity contribution in [3.63, 3.8) is 0 Å². The lowest BCUT2D eigenvalue weighted by molar-refractivity contribution is 0.0924. The topological polar surface area (TPSA) is 50.1 Å². The summed E-state index contributed by atoms with van der Waals surface area (Å²) in [6.07, 6.45) is 0. The summed E-state index contributed by atoms with van der Waals surface area (Å²) >= 11 is 0. The van der Waals surface area contributed by atoms with E-state index in [1.165, 1.54) is 0 Å². The van der Waals surface area contributed by atoms with E-state index in [-0.39, 0.29) is 11.7 Å². The number of rotatable bonds is 4. The number of nitriles is 1. The predicted octanol–water partition coefficient (Wildman–Crippen LogP) is 3.29. The Hall–Kier alpha value is -1.82. The van der Waals surface area contributed by atoms with Gasteiger partial charge >= 0.3 is 0 Å². The third-order valence-electron chi connectivity index (χ3n) is 3.04. The van der Waals surface area contributed by atoms with Crippen LogP contribution >= 0.6 is 0 Å². The quantitative estimate of drug-likeness (QED) is 0.765. The van der Waals surface area contributed by atoms with Gasteiger partial charge in [0.05, 0.1) is 13.2 Å². The lowest BCUT2D eigenvalue weighted by atomic mass is 9.88. The lowest BCUT2D eigenvalue weighted by Gasteiger charge is -2.14. The number of carbonyl (C=O) groups excluding carboxylic acids is 1. The van der Waals surface area contributed by atoms with Crippen LogP contribution < -0.4 is 4.74 Å². The fourth-order valence-corrected chi connectivity index (χ4v) is 2.10. The van der Waals surface area contributed by atoms with Gasteiger partial charge in [0.15, 0.2) is 5.78 Å². The number of methoxy groups -OCH3 is 1. The Morgan fingerprint density at radius 1 is 1.28 bits per heavy atom. The summed E-state index contributed by atoms with van der Waals surface area (Å²) < 4.78 is 5.27. The number of hydrogen-bond acceptors (Lipinski definition) is 3. The summed E-state index contributed by atoms with van der Waals surface area (Å²) in [4.78, 5) is 12.3. The number of ether oxygens (including phenoxy) is 1. The fraction of sp³-hybridized carbons (Fsp3) is 0.467. The molecule has 3 nitrogen and oxygen atoms in total. The Morgan fingerprint density at radius 2 is 1.78 bits per heavy atom. The van der Waals surface area contributed by atoms with E-state index < -0.39 is 5.92 Å². The molecule has 1 atom stereocenters. The number of nitrogens with zero attached hydrogens (tertiary/aromatic N) is 1. The van der Waals surface area contributed by atoms with E-state index in [0.717, 1.165) is 16.9 Å². The van der Waals surface area contributed by atoms with Gasteiger partial charge in [-0.05, 0) is 43.0 Å². The van der Waals surface area contributed by atoms with Gasteiger partial charge in [-0.1, -0.05) is 13.8 Å². The van der Waals surface area contributed by atoms with Gasteiger partial charge in [0.2, 0.25) is 0 Å². The maximum Gasteiger partial charge on any atom is 0.180 e. The van der Waals surface area contributed by atoms with Gasteiger partial charge in [-0.2, -0.15) is 5.26 Å². The van der Waals surface area contributed by atoms with Crippen LogP contribution in [0.15, 0.2) is 12.1 Å². The van der Waals surface area contributed by atoms with Gasteiger partial charge < -0.3 is 4.74 Å². The van der Waals surface area contributed by atoms with E-state index in [1.54, 1.807) is 19.2 Å². The van der Waals surface area contributed by atoms with Crippen molar-refractivity contribution < 1.29 is 9.53 Å². The van der Waals surface area contributed by atoms with Crippen molar-refractivity contribution in [2.75, 3.05) is 7.11 Å². The molecule has 0 saturated heterocycles. The van der Waals surface area contributed by atoms with Crippen molar-refractivity contribution in [3.8, 4) is 11.8 Å². The standard InChI is InChI=1S/C15H19NO2/c1-9(2)13(8-16)14(17)12-6-10(3)15(18-5)11(4)7-12/h6-7,9,13H,1-5H3. The van der Waals surface area contributed by atoms with E-state index >= 15 is 0 Å². The van der Waals surface area contributed by atoms with Gasteiger partial charge in [0, 0.05) is 5.56 Å². The first kappa shape index (κ1) is 14.2. The molecule has 0 radical (unpaired) electrons. The van der Waals surface area contributed by atoms with E-state index in [1.807, 2.05) is 27.7 Å². The monoisotopic (exact) mass is 245 g/mol. The molecule has 96 valence electrons. The number of ketones is 1. The molecule has 1 aromatic rings. The van der Waals surface area contributed by atoms with Crippen LogP contribution in [0.4, 0.5) is 0 Å². The minimum atomic E-state index is -0.586. The molecule has 0 bridgehead atoms. The van der Waals surface area contributed by atoms with Crippen LogP contribution in [-0.2, 0) is 0 Å². The fourth-order valence-electron chi connectivity index (χ4n) is 2.10. The highest BCUT2D eigenvalue weighted by Gasteiger charge is 2.24. The SMILES string of the molecule is COc1c(C)cc(C(=O)C(C#N)C(C)C)cc1C. The summed E-state index contributed by atoms with van der Waals surface area (Å²) in [6.45, 7) is 7.57. The second kappa shape index (κ2) is 5.68. The molecule has 0 aliphatic rings. The Kier molecular flexibility index (Phi) is 4.49. The van der Waals surface area contributed by atoms with Gasteiger partial charge in [-0.3, -0.25) is 4.79 Å². The molecule has 0 fully saturated rings. The number of benzene rings is 1. The van der Waals surface area contributed by atoms with Crippen LogP contribution in [0.25, 0.3) is 0 Å².